The van der Waals surface area contributed by atoms with Gasteiger partial charge in [0.05, 0.1) is 0 Å². The fraction of sp³-hybridized carbons (Fsp3) is 0.348. The van der Waals surface area contributed by atoms with E-state index in [0.717, 1.165) is 38.2 Å². The van der Waals surface area contributed by atoms with E-state index in [1.54, 1.807) is 30.6 Å². The SMILES string of the molecule is O=C(NCC1CCCN(Cc2cccn2-c2ncccn2)C1)c1ccc2c(c1)OCO2. The molecule has 3 aromatic rings. The molecule has 0 spiro atoms. The highest BCUT2D eigenvalue weighted by Crippen LogP contribution is 2.32. The number of hydrogen-bond acceptors (Lipinski definition) is 6. The zero-order chi connectivity index (χ0) is 21.0. The summed E-state index contributed by atoms with van der Waals surface area (Å²) in [6, 6.07) is 11.3. The Bertz CT molecular complexity index is 1050. The molecule has 2 aliphatic rings. The lowest BCUT2D eigenvalue weighted by atomic mass is 9.97. The fourth-order valence-corrected chi connectivity index (χ4v) is 4.22. The molecule has 4 heterocycles. The molecule has 1 fully saturated rings. The van der Waals surface area contributed by atoms with Crippen molar-refractivity contribution >= 4 is 5.91 Å². The lowest BCUT2D eigenvalue weighted by molar-refractivity contribution is 0.0929. The highest BCUT2D eigenvalue weighted by molar-refractivity contribution is 5.94. The van der Waals surface area contributed by atoms with Gasteiger partial charge in [-0.05, 0) is 61.7 Å². The molecule has 1 amide bonds. The zero-order valence-corrected chi connectivity index (χ0v) is 17.2. The number of hydrogen-bond donors (Lipinski definition) is 1. The van der Waals surface area contributed by atoms with Gasteiger partial charge in [-0.3, -0.25) is 14.3 Å². The highest BCUT2D eigenvalue weighted by atomic mass is 16.7. The first-order chi connectivity index (χ1) is 15.3. The van der Waals surface area contributed by atoms with Crippen molar-refractivity contribution in [3.05, 3.63) is 66.2 Å². The van der Waals surface area contributed by atoms with E-state index in [-0.39, 0.29) is 12.7 Å². The van der Waals surface area contributed by atoms with Gasteiger partial charge in [0.2, 0.25) is 12.7 Å². The van der Waals surface area contributed by atoms with Gasteiger partial charge in [-0.2, -0.15) is 0 Å². The van der Waals surface area contributed by atoms with E-state index in [1.165, 1.54) is 0 Å². The Labute approximate surface area is 180 Å². The van der Waals surface area contributed by atoms with Crippen molar-refractivity contribution in [3.8, 4) is 17.4 Å². The van der Waals surface area contributed by atoms with Crippen molar-refractivity contribution in [2.75, 3.05) is 26.4 Å². The summed E-state index contributed by atoms with van der Waals surface area (Å²) in [6.07, 6.45) is 7.74. The number of aromatic nitrogens is 3. The van der Waals surface area contributed by atoms with Crippen LogP contribution in [-0.4, -0.2) is 51.8 Å². The van der Waals surface area contributed by atoms with Gasteiger partial charge in [0, 0.05) is 49.5 Å². The van der Waals surface area contributed by atoms with Crippen molar-refractivity contribution in [3.63, 3.8) is 0 Å². The molecule has 1 atom stereocenters. The van der Waals surface area contributed by atoms with Gasteiger partial charge in [0.1, 0.15) is 0 Å². The van der Waals surface area contributed by atoms with Crippen LogP contribution in [0.2, 0.25) is 0 Å². The van der Waals surface area contributed by atoms with Gasteiger partial charge in [-0.15, -0.1) is 0 Å². The summed E-state index contributed by atoms with van der Waals surface area (Å²) in [5.41, 5.74) is 1.76. The monoisotopic (exact) mass is 419 g/mol. The quantitative estimate of drug-likeness (QED) is 0.662. The van der Waals surface area contributed by atoms with Gasteiger partial charge in [-0.25, -0.2) is 9.97 Å². The van der Waals surface area contributed by atoms with Gasteiger partial charge in [0.15, 0.2) is 11.5 Å². The summed E-state index contributed by atoms with van der Waals surface area (Å²) >= 11 is 0. The number of benzene rings is 1. The summed E-state index contributed by atoms with van der Waals surface area (Å²) in [6.45, 7) is 3.69. The van der Waals surface area contributed by atoms with Crippen molar-refractivity contribution in [2.24, 2.45) is 5.92 Å². The van der Waals surface area contributed by atoms with Crippen LogP contribution in [0.25, 0.3) is 5.95 Å². The predicted octanol–water partition coefficient (Wildman–Crippen LogP) is 2.64. The first-order valence-corrected chi connectivity index (χ1v) is 10.6. The largest absolute Gasteiger partial charge is 0.454 e. The maximum atomic E-state index is 12.6. The van der Waals surface area contributed by atoms with E-state index in [0.29, 0.717) is 35.5 Å². The Morgan fingerprint density at radius 2 is 2.00 bits per heavy atom. The lowest BCUT2D eigenvalue weighted by Gasteiger charge is -2.33. The van der Waals surface area contributed by atoms with Crippen molar-refractivity contribution < 1.29 is 14.3 Å². The summed E-state index contributed by atoms with van der Waals surface area (Å²) in [4.78, 5) is 23.7. The number of carbonyl (C=O) groups is 1. The molecule has 0 bridgehead atoms. The van der Waals surface area contributed by atoms with Crippen LogP contribution in [0.15, 0.2) is 55.0 Å². The number of nitrogens with one attached hydrogen (secondary N) is 1. The van der Waals surface area contributed by atoms with E-state index in [9.17, 15) is 4.79 Å². The molecular weight excluding hydrogens is 394 g/mol. The number of likely N-dealkylation sites (tertiary alicyclic amines) is 1. The van der Waals surface area contributed by atoms with Crippen LogP contribution in [-0.2, 0) is 6.54 Å². The van der Waals surface area contributed by atoms with Crippen molar-refractivity contribution in [1.29, 1.82) is 0 Å². The average Bonchev–Trinajstić information content (AvgIpc) is 3.47. The van der Waals surface area contributed by atoms with E-state index >= 15 is 0 Å². The van der Waals surface area contributed by atoms with E-state index in [4.69, 9.17) is 9.47 Å². The number of rotatable bonds is 6. The Morgan fingerprint density at radius 1 is 1.13 bits per heavy atom. The number of ether oxygens (including phenoxy) is 2. The second-order valence-corrected chi connectivity index (χ2v) is 7.94. The predicted molar refractivity (Wildman–Crippen MR) is 114 cm³/mol. The molecular formula is C23H25N5O3. The van der Waals surface area contributed by atoms with Crippen LogP contribution in [0.3, 0.4) is 0 Å². The molecule has 1 saturated heterocycles. The third-order valence-corrected chi connectivity index (χ3v) is 5.78. The number of piperidine rings is 1. The number of fused-ring (bicyclic) bond motifs is 1. The van der Waals surface area contributed by atoms with Crippen LogP contribution in [0.1, 0.15) is 28.9 Å². The third kappa shape index (κ3) is 4.39. The van der Waals surface area contributed by atoms with Crippen LogP contribution < -0.4 is 14.8 Å². The Kier molecular flexibility index (Phi) is 5.54. The average molecular weight is 419 g/mol. The molecule has 1 aromatic carbocycles. The van der Waals surface area contributed by atoms with Crippen LogP contribution >= 0.6 is 0 Å². The smallest absolute Gasteiger partial charge is 0.251 e. The Morgan fingerprint density at radius 3 is 2.90 bits per heavy atom. The fourth-order valence-electron chi connectivity index (χ4n) is 4.22. The molecule has 0 aliphatic carbocycles. The molecule has 31 heavy (non-hydrogen) atoms. The lowest BCUT2D eigenvalue weighted by Crippen LogP contribution is -2.40. The molecule has 160 valence electrons. The summed E-state index contributed by atoms with van der Waals surface area (Å²) in [7, 11) is 0. The van der Waals surface area contributed by atoms with Crippen LogP contribution in [0, 0.1) is 5.92 Å². The summed E-state index contributed by atoms with van der Waals surface area (Å²) < 4.78 is 12.7. The third-order valence-electron chi connectivity index (χ3n) is 5.78. The number of amides is 1. The Hall–Kier alpha value is -3.39. The highest BCUT2D eigenvalue weighted by Gasteiger charge is 2.22. The van der Waals surface area contributed by atoms with Crippen LogP contribution in [0.4, 0.5) is 0 Å². The second kappa shape index (κ2) is 8.77. The standard InChI is InChI=1S/C23H25N5O3/c29-22(18-6-7-20-21(12-18)31-16-30-20)26-13-17-4-1-10-27(14-17)15-19-5-2-11-28(19)23-24-8-3-9-25-23/h2-3,5-9,11-12,17H,1,4,10,13-16H2,(H,26,29). The van der Waals surface area contributed by atoms with E-state index in [2.05, 4.69) is 26.3 Å². The minimum Gasteiger partial charge on any atom is -0.454 e. The molecule has 2 aromatic heterocycles. The zero-order valence-electron chi connectivity index (χ0n) is 17.2. The molecule has 8 heteroatoms. The molecule has 8 nitrogen and oxygen atoms in total. The molecule has 1 N–H and O–H groups in total. The van der Waals surface area contributed by atoms with Gasteiger partial charge in [0.25, 0.3) is 5.91 Å². The molecule has 5 rings (SSSR count). The summed E-state index contributed by atoms with van der Waals surface area (Å²) in [5, 5.41) is 3.09. The van der Waals surface area contributed by atoms with Gasteiger partial charge >= 0.3 is 0 Å². The minimum atomic E-state index is -0.0782. The second-order valence-electron chi connectivity index (χ2n) is 7.94. The maximum Gasteiger partial charge on any atom is 0.251 e. The van der Waals surface area contributed by atoms with E-state index in [1.807, 2.05) is 22.9 Å². The Balaban J connectivity index is 1.17. The molecule has 0 radical (unpaired) electrons. The topological polar surface area (TPSA) is 81.5 Å². The molecule has 0 saturated carbocycles. The number of carbonyl (C=O) groups excluding carboxylic acids is 1. The first kappa shape index (κ1) is 19.6. The normalized spacial score (nSPS) is 18.1. The van der Waals surface area contributed by atoms with Crippen molar-refractivity contribution in [2.45, 2.75) is 19.4 Å². The van der Waals surface area contributed by atoms with E-state index < -0.39 is 0 Å². The number of nitrogens with zero attached hydrogens (tertiary/aromatic N) is 4. The van der Waals surface area contributed by atoms with Gasteiger partial charge < -0.3 is 14.8 Å². The molecule has 1 unspecified atom stereocenters. The summed E-state index contributed by atoms with van der Waals surface area (Å²) in [5.74, 6) is 2.34. The van der Waals surface area contributed by atoms with Crippen LogP contribution in [0.5, 0.6) is 11.5 Å². The molecule has 2 aliphatic heterocycles. The first-order valence-electron chi connectivity index (χ1n) is 10.6. The minimum absolute atomic E-state index is 0.0782. The van der Waals surface area contributed by atoms with Crippen molar-refractivity contribution in [1.82, 2.24) is 24.8 Å². The maximum absolute atomic E-state index is 12.6. The van der Waals surface area contributed by atoms with Gasteiger partial charge in [-0.1, -0.05) is 0 Å².